The van der Waals surface area contributed by atoms with Crippen LogP contribution in [0.4, 0.5) is 13.2 Å². The molecule has 112 valence electrons. The summed E-state index contributed by atoms with van der Waals surface area (Å²) in [6.07, 6.45) is -5.64. The molecule has 0 aliphatic rings. The molecule has 20 heavy (non-hydrogen) atoms. The van der Waals surface area contributed by atoms with Gasteiger partial charge in [-0.25, -0.2) is 13.1 Å². The Morgan fingerprint density at radius 1 is 1.40 bits per heavy atom. The topological polar surface area (TPSA) is 72.2 Å². The molecular formula is C11H13F3N2O2S2. The first-order valence-corrected chi connectivity index (χ1v) is 7.39. The molecule has 1 rings (SSSR count). The van der Waals surface area contributed by atoms with E-state index in [0.29, 0.717) is 11.1 Å². The predicted molar refractivity (Wildman–Crippen MR) is 72.9 cm³/mol. The number of nitrogens with two attached hydrogens (primary N) is 1. The SMILES string of the molecule is Cc1cc(C(N)=S)ccc1S(=O)(=O)NCCC(F)(F)F. The molecule has 3 N–H and O–H groups in total. The zero-order chi connectivity index (χ0) is 15.6. The fourth-order valence-electron chi connectivity index (χ4n) is 1.51. The highest BCUT2D eigenvalue weighted by Gasteiger charge is 2.27. The van der Waals surface area contributed by atoms with Crippen molar-refractivity contribution in [2.24, 2.45) is 5.73 Å². The molecule has 0 aliphatic carbocycles. The summed E-state index contributed by atoms with van der Waals surface area (Å²) in [5.74, 6) is 0. The first-order chi connectivity index (χ1) is 9.03. The van der Waals surface area contributed by atoms with Gasteiger partial charge in [-0.15, -0.1) is 0 Å². The van der Waals surface area contributed by atoms with Gasteiger partial charge in [0.25, 0.3) is 0 Å². The average Bonchev–Trinajstić information content (AvgIpc) is 2.26. The lowest BCUT2D eigenvalue weighted by molar-refractivity contribution is -0.132. The maximum Gasteiger partial charge on any atom is 0.390 e. The zero-order valence-electron chi connectivity index (χ0n) is 10.5. The van der Waals surface area contributed by atoms with E-state index in [1.807, 2.05) is 4.72 Å². The molecular weight excluding hydrogens is 313 g/mol. The van der Waals surface area contributed by atoms with E-state index in [1.54, 1.807) is 0 Å². The largest absolute Gasteiger partial charge is 0.390 e. The van der Waals surface area contributed by atoms with Crippen LogP contribution in [-0.4, -0.2) is 26.1 Å². The number of aryl methyl sites for hydroxylation is 1. The Balaban J connectivity index is 2.91. The lowest BCUT2D eigenvalue weighted by atomic mass is 10.1. The van der Waals surface area contributed by atoms with Crippen molar-refractivity contribution in [3.63, 3.8) is 0 Å². The number of benzene rings is 1. The fourth-order valence-corrected chi connectivity index (χ4v) is 2.89. The van der Waals surface area contributed by atoms with Crippen molar-refractivity contribution in [2.45, 2.75) is 24.4 Å². The smallest absolute Gasteiger partial charge is 0.389 e. The summed E-state index contributed by atoms with van der Waals surface area (Å²) in [6, 6.07) is 4.15. The lowest BCUT2D eigenvalue weighted by Crippen LogP contribution is -2.28. The van der Waals surface area contributed by atoms with Crippen LogP contribution in [0.15, 0.2) is 23.1 Å². The van der Waals surface area contributed by atoms with Gasteiger partial charge < -0.3 is 5.73 Å². The van der Waals surface area contributed by atoms with Crippen LogP contribution >= 0.6 is 12.2 Å². The van der Waals surface area contributed by atoms with Crippen LogP contribution in [0.25, 0.3) is 0 Å². The minimum absolute atomic E-state index is 0.0975. The van der Waals surface area contributed by atoms with Gasteiger partial charge in [0.2, 0.25) is 10.0 Å². The van der Waals surface area contributed by atoms with E-state index in [9.17, 15) is 21.6 Å². The quantitative estimate of drug-likeness (QED) is 0.810. The fraction of sp³-hybridized carbons (Fsp3) is 0.364. The molecule has 0 amide bonds. The standard InChI is InChI=1S/C11H13F3N2O2S2/c1-7-6-8(10(15)19)2-3-9(7)20(17,18)16-5-4-11(12,13)14/h2-3,6,16H,4-5H2,1H3,(H2,15,19). The van der Waals surface area contributed by atoms with E-state index in [0.717, 1.165) is 0 Å². The first kappa shape index (κ1) is 16.9. The number of sulfonamides is 1. The van der Waals surface area contributed by atoms with Crippen molar-refractivity contribution in [3.8, 4) is 0 Å². The molecule has 9 heteroatoms. The third kappa shape index (κ3) is 4.73. The zero-order valence-corrected chi connectivity index (χ0v) is 12.1. The van der Waals surface area contributed by atoms with Crippen molar-refractivity contribution in [1.82, 2.24) is 4.72 Å². The van der Waals surface area contributed by atoms with Crippen molar-refractivity contribution in [3.05, 3.63) is 29.3 Å². The molecule has 0 aromatic heterocycles. The number of nitrogens with one attached hydrogen (secondary N) is 1. The highest BCUT2D eigenvalue weighted by Crippen LogP contribution is 2.20. The second-order valence-corrected chi connectivity index (χ2v) is 6.28. The molecule has 0 aliphatic heterocycles. The molecule has 0 atom stereocenters. The monoisotopic (exact) mass is 326 g/mol. The summed E-state index contributed by atoms with van der Waals surface area (Å²) in [5.41, 5.74) is 6.26. The van der Waals surface area contributed by atoms with Gasteiger partial charge in [-0.1, -0.05) is 18.3 Å². The van der Waals surface area contributed by atoms with Crippen LogP contribution in [0.2, 0.25) is 0 Å². The molecule has 0 heterocycles. The number of halogens is 3. The Kier molecular flexibility index (Phi) is 5.11. The van der Waals surface area contributed by atoms with Crippen LogP contribution in [-0.2, 0) is 10.0 Å². The summed E-state index contributed by atoms with van der Waals surface area (Å²) >= 11 is 4.76. The Labute approximate surface area is 120 Å². The summed E-state index contributed by atoms with van der Waals surface area (Å²) in [5, 5.41) is 0. The van der Waals surface area contributed by atoms with Crippen LogP contribution in [0.5, 0.6) is 0 Å². The maximum atomic E-state index is 12.0. The first-order valence-electron chi connectivity index (χ1n) is 5.50. The van der Waals surface area contributed by atoms with E-state index < -0.39 is 29.2 Å². The van der Waals surface area contributed by atoms with E-state index in [2.05, 4.69) is 0 Å². The van der Waals surface area contributed by atoms with Crippen molar-refractivity contribution in [1.29, 1.82) is 0 Å². The van der Waals surface area contributed by atoms with Crippen LogP contribution in [0.3, 0.4) is 0 Å². The normalized spacial score (nSPS) is 12.4. The summed E-state index contributed by atoms with van der Waals surface area (Å²) < 4.78 is 61.6. The van der Waals surface area contributed by atoms with E-state index >= 15 is 0 Å². The highest BCUT2D eigenvalue weighted by atomic mass is 32.2. The number of alkyl halides is 3. The molecule has 0 saturated heterocycles. The summed E-state index contributed by atoms with van der Waals surface area (Å²) in [7, 11) is -3.99. The predicted octanol–water partition coefficient (Wildman–Crippen LogP) is 1.86. The second-order valence-electron chi connectivity index (χ2n) is 4.11. The van der Waals surface area contributed by atoms with Crippen LogP contribution in [0.1, 0.15) is 17.5 Å². The van der Waals surface area contributed by atoms with Gasteiger partial charge in [0.1, 0.15) is 4.99 Å². The van der Waals surface area contributed by atoms with Gasteiger partial charge in [0.05, 0.1) is 11.3 Å². The molecule has 1 aromatic rings. The van der Waals surface area contributed by atoms with Crippen molar-refractivity contribution in [2.75, 3.05) is 6.54 Å². The van der Waals surface area contributed by atoms with Gasteiger partial charge >= 0.3 is 6.18 Å². The van der Waals surface area contributed by atoms with E-state index in [1.165, 1.54) is 25.1 Å². The van der Waals surface area contributed by atoms with Crippen molar-refractivity contribution < 1.29 is 21.6 Å². The highest BCUT2D eigenvalue weighted by molar-refractivity contribution is 7.89. The Morgan fingerprint density at radius 3 is 2.45 bits per heavy atom. The maximum absolute atomic E-state index is 12.0. The number of hydrogen-bond donors (Lipinski definition) is 2. The van der Waals surface area contributed by atoms with Gasteiger partial charge in [-0.3, -0.25) is 0 Å². The molecule has 4 nitrogen and oxygen atoms in total. The third-order valence-electron chi connectivity index (χ3n) is 2.45. The van der Waals surface area contributed by atoms with Gasteiger partial charge in [-0.05, 0) is 24.6 Å². The van der Waals surface area contributed by atoms with Gasteiger partial charge in [0, 0.05) is 12.1 Å². The Hall–Kier alpha value is -1.19. The Bertz CT molecular complexity index is 613. The Morgan fingerprint density at radius 2 is 2.00 bits per heavy atom. The minimum atomic E-state index is -4.41. The van der Waals surface area contributed by atoms with E-state index in [4.69, 9.17) is 18.0 Å². The van der Waals surface area contributed by atoms with Gasteiger partial charge in [-0.2, -0.15) is 13.2 Å². The number of thiocarbonyl (C=S) groups is 1. The molecule has 0 radical (unpaired) electrons. The van der Waals surface area contributed by atoms with E-state index in [-0.39, 0.29) is 9.88 Å². The van der Waals surface area contributed by atoms with Gasteiger partial charge in [0.15, 0.2) is 0 Å². The lowest BCUT2D eigenvalue weighted by Gasteiger charge is -2.11. The molecule has 0 bridgehead atoms. The van der Waals surface area contributed by atoms with Crippen LogP contribution in [0, 0.1) is 6.92 Å². The molecule has 0 spiro atoms. The molecule has 1 aromatic carbocycles. The van der Waals surface area contributed by atoms with Crippen LogP contribution < -0.4 is 10.5 Å². The average molecular weight is 326 g/mol. The third-order valence-corrected chi connectivity index (χ3v) is 4.31. The molecule has 0 unspecified atom stereocenters. The number of rotatable bonds is 5. The summed E-state index contributed by atoms with van der Waals surface area (Å²) in [4.78, 5) is 0.0155. The summed E-state index contributed by atoms with van der Waals surface area (Å²) in [6.45, 7) is 0.808. The number of hydrogen-bond acceptors (Lipinski definition) is 3. The second kappa shape index (κ2) is 6.06. The minimum Gasteiger partial charge on any atom is -0.389 e. The molecule has 0 fully saturated rings. The van der Waals surface area contributed by atoms with Crippen molar-refractivity contribution >= 4 is 27.2 Å². The molecule has 0 saturated carbocycles.